The third-order valence-electron chi connectivity index (χ3n) is 6.58. The van der Waals surface area contributed by atoms with E-state index in [1.54, 1.807) is 42.5 Å². The average Bonchev–Trinajstić information content (AvgIpc) is 3.36. The third-order valence-corrected chi connectivity index (χ3v) is 6.58. The Morgan fingerprint density at radius 2 is 1.56 bits per heavy atom. The van der Waals surface area contributed by atoms with Gasteiger partial charge in [-0.05, 0) is 79.1 Å². The molecule has 1 aliphatic rings. The summed E-state index contributed by atoms with van der Waals surface area (Å²) in [4.78, 5) is 29.0. The number of esters is 1. The monoisotopic (exact) mass is 519 g/mol. The maximum absolute atomic E-state index is 12.6. The number of hydrogen-bond donors (Lipinski definition) is 1. The van der Waals surface area contributed by atoms with E-state index < -0.39 is 11.9 Å². The van der Waals surface area contributed by atoms with Crippen molar-refractivity contribution in [2.45, 2.75) is 26.2 Å². The minimum Gasteiger partial charge on any atom is -0.476 e. The van der Waals surface area contributed by atoms with Crippen molar-refractivity contribution in [3.63, 3.8) is 0 Å². The van der Waals surface area contributed by atoms with Crippen molar-refractivity contribution in [1.29, 1.82) is 0 Å². The molecule has 5 rings (SSSR count). The van der Waals surface area contributed by atoms with Crippen LogP contribution in [-0.4, -0.2) is 28.6 Å². The van der Waals surface area contributed by atoms with Gasteiger partial charge in [-0.3, -0.25) is 10.0 Å². The van der Waals surface area contributed by atoms with Crippen LogP contribution >= 0.6 is 0 Å². The van der Waals surface area contributed by atoms with Gasteiger partial charge in [-0.2, -0.15) is 0 Å². The topological polar surface area (TPSA) is 83.0 Å². The van der Waals surface area contributed by atoms with Crippen molar-refractivity contribution in [2.75, 3.05) is 16.6 Å². The average molecular weight is 520 g/mol. The summed E-state index contributed by atoms with van der Waals surface area (Å²) in [5, 5.41) is 14.2. The fraction of sp³-hybridized carbons (Fsp3) is 0.156. The lowest BCUT2D eigenvalue weighted by molar-refractivity contribution is 0.0688. The first kappa shape index (κ1) is 25.7. The number of carbonyl (C=O) groups is 2. The number of nitrogens with zero attached hydrogens (tertiary/aromatic N) is 3. The van der Waals surface area contributed by atoms with Gasteiger partial charge in [-0.25, -0.2) is 14.6 Å². The number of pyridine rings is 1. The smallest absolute Gasteiger partial charge is 0.355 e. The van der Waals surface area contributed by atoms with Crippen LogP contribution in [0.15, 0.2) is 109 Å². The highest BCUT2D eigenvalue weighted by Crippen LogP contribution is 2.41. The molecule has 0 aliphatic carbocycles. The lowest BCUT2D eigenvalue weighted by Gasteiger charge is -2.34. The van der Waals surface area contributed by atoms with Crippen LogP contribution in [0.1, 0.15) is 52.6 Å². The molecule has 3 aromatic carbocycles. The zero-order valence-electron chi connectivity index (χ0n) is 21.7. The van der Waals surface area contributed by atoms with Gasteiger partial charge in [0.05, 0.1) is 29.2 Å². The zero-order valence-corrected chi connectivity index (χ0v) is 21.7. The van der Waals surface area contributed by atoms with E-state index >= 15 is 0 Å². The second-order valence-corrected chi connectivity index (χ2v) is 9.21. The van der Waals surface area contributed by atoms with Crippen molar-refractivity contribution in [3.05, 3.63) is 126 Å². The molecule has 1 aliphatic heterocycles. The number of hydrogen-bond acceptors (Lipinski definition) is 6. The van der Waals surface area contributed by atoms with E-state index in [-0.39, 0.29) is 5.69 Å². The molecule has 0 amide bonds. The van der Waals surface area contributed by atoms with E-state index in [9.17, 15) is 14.7 Å². The van der Waals surface area contributed by atoms with Gasteiger partial charge in [0.2, 0.25) is 0 Å². The van der Waals surface area contributed by atoms with Gasteiger partial charge in [-0.15, -0.1) is 0 Å². The summed E-state index contributed by atoms with van der Waals surface area (Å²) in [6.45, 7) is 2.75. The van der Waals surface area contributed by atoms with E-state index in [4.69, 9.17) is 4.74 Å². The number of carbonyl (C=O) groups excluding carboxylic acids is 1. The highest BCUT2D eigenvalue weighted by Gasteiger charge is 2.34. The number of aromatic nitrogens is 1. The van der Waals surface area contributed by atoms with Gasteiger partial charge >= 0.3 is 11.9 Å². The molecular weight excluding hydrogens is 490 g/mol. The predicted octanol–water partition coefficient (Wildman–Crippen LogP) is 6.84. The number of unbranched alkanes of at least 4 members (excludes halogenated alkanes) is 1. The lowest BCUT2D eigenvalue weighted by Crippen LogP contribution is -2.37. The Morgan fingerprint density at radius 1 is 0.872 bits per heavy atom. The van der Waals surface area contributed by atoms with E-state index in [0.717, 1.165) is 41.9 Å². The number of ether oxygens (including phenoxy) is 1. The maximum atomic E-state index is 12.6. The molecule has 196 valence electrons. The molecule has 4 aromatic rings. The molecule has 0 spiro atoms. The molecule has 0 atom stereocenters. The van der Waals surface area contributed by atoms with Crippen LogP contribution in [0.3, 0.4) is 0 Å². The summed E-state index contributed by atoms with van der Waals surface area (Å²) in [5.41, 5.74) is 4.77. The molecule has 0 fully saturated rings. The minimum absolute atomic E-state index is 0.00909. The first-order chi connectivity index (χ1) is 19.1. The standard InChI is InChI=1S/C32H29N3O4/c1-2-3-11-24-22-34(25-14-8-5-9-15-25)35(30(24)28-16-10-21-33-29(28)31(36)37)26-17-19-27(20-18-26)39-32(38)23-12-6-4-7-13-23/h4-10,12-21H,2-3,11,22H2,1H3,(H,36,37). The summed E-state index contributed by atoms with van der Waals surface area (Å²) in [5.74, 6) is -1.09. The molecule has 39 heavy (non-hydrogen) atoms. The molecule has 0 saturated carbocycles. The van der Waals surface area contributed by atoms with Gasteiger partial charge in [0.25, 0.3) is 0 Å². The fourth-order valence-corrected chi connectivity index (χ4v) is 4.73. The number of carboxylic acids is 1. The third kappa shape index (κ3) is 5.52. The Labute approximate surface area is 227 Å². The van der Waals surface area contributed by atoms with Gasteiger partial charge < -0.3 is 9.84 Å². The normalized spacial score (nSPS) is 13.1. The van der Waals surface area contributed by atoms with E-state index in [1.807, 2.05) is 59.6 Å². The van der Waals surface area contributed by atoms with Crippen molar-refractivity contribution >= 4 is 29.0 Å². The minimum atomic E-state index is -1.07. The molecule has 0 bridgehead atoms. The number of aromatic carboxylic acids is 1. The fourth-order valence-electron chi connectivity index (χ4n) is 4.73. The molecule has 0 unspecified atom stereocenters. The van der Waals surface area contributed by atoms with E-state index in [2.05, 4.69) is 16.9 Å². The van der Waals surface area contributed by atoms with Crippen LogP contribution in [0.25, 0.3) is 5.70 Å². The SMILES string of the molecule is CCCCC1=C(c2cccnc2C(=O)O)N(c2ccc(OC(=O)c3ccccc3)cc2)N(c2ccccc2)C1. The number of rotatable bonds is 9. The first-order valence-corrected chi connectivity index (χ1v) is 13.0. The number of para-hydroxylation sites is 1. The Balaban J connectivity index is 1.57. The summed E-state index contributed by atoms with van der Waals surface area (Å²) in [6, 6.07) is 29.7. The van der Waals surface area contributed by atoms with Crippen LogP contribution in [0, 0.1) is 0 Å². The summed E-state index contributed by atoms with van der Waals surface area (Å²) >= 11 is 0. The number of hydrazine groups is 1. The molecule has 2 heterocycles. The molecule has 7 nitrogen and oxygen atoms in total. The van der Waals surface area contributed by atoms with E-state index in [1.165, 1.54) is 6.20 Å². The summed E-state index contributed by atoms with van der Waals surface area (Å²) in [6.07, 6.45) is 4.32. The van der Waals surface area contributed by atoms with Gasteiger partial charge in [-0.1, -0.05) is 49.7 Å². The van der Waals surface area contributed by atoms with Crippen LogP contribution in [0.4, 0.5) is 11.4 Å². The summed E-state index contributed by atoms with van der Waals surface area (Å²) < 4.78 is 5.60. The number of benzene rings is 3. The van der Waals surface area contributed by atoms with Crippen molar-refractivity contribution in [2.24, 2.45) is 0 Å². The van der Waals surface area contributed by atoms with Crippen LogP contribution in [0.5, 0.6) is 5.75 Å². The van der Waals surface area contributed by atoms with Crippen LogP contribution in [0.2, 0.25) is 0 Å². The van der Waals surface area contributed by atoms with Gasteiger partial charge in [0.1, 0.15) is 5.75 Å². The largest absolute Gasteiger partial charge is 0.476 e. The predicted molar refractivity (Wildman–Crippen MR) is 152 cm³/mol. The maximum Gasteiger partial charge on any atom is 0.355 e. The quantitative estimate of drug-likeness (QED) is 0.191. The molecule has 0 saturated heterocycles. The Kier molecular flexibility index (Phi) is 7.68. The zero-order chi connectivity index (χ0) is 27.2. The molecule has 1 aromatic heterocycles. The van der Waals surface area contributed by atoms with Crippen molar-refractivity contribution in [1.82, 2.24) is 4.98 Å². The van der Waals surface area contributed by atoms with Crippen LogP contribution < -0.4 is 14.8 Å². The molecular formula is C32H29N3O4. The van der Waals surface area contributed by atoms with Gasteiger partial charge in [0.15, 0.2) is 5.69 Å². The van der Waals surface area contributed by atoms with Gasteiger partial charge in [0, 0.05) is 11.8 Å². The molecule has 7 heteroatoms. The highest BCUT2D eigenvalue weighted by molar-refractivity contribution is 5.97. The van der Waals surface area contributed by atoms with E-state index in [0.29, 0.717) is 23.4 Å². The second-order valence-electron chi connectivity index (χ2n) is 9.21. The number of anilines is 2. The Bertz CT molecular complexity index is 1490. The summed E-state index contributed by atoms with van der Waals surface area (Å²) in [7, 11) is 0. The Hall–Kier alpha value is -4.91. The highest BCUT2D eigenvalue weighted by atomic mass is 16.5. The Morgan fingerprint density at radius 3 is 2.23 bits per heavy atom. The van der Waals surface area contributed by atoms with Crippen molar-refractivity contribution in [3.8, 4) is 5.75 Å². The van der Waals surface area contributed by atoms with Crippen LogP contribution in [-0.2, 0) is 0 Å². The first-order valence-electron chi connectivity index (χ1n) is 13.0. The van der Waals surface area contributed by atoms with Crippen molar-refractivity contribution < 1.29 is 19.4 Å². The molecule has 0 radical (unpaired) electrons. The molecule has 1 N–H and O–H groups in total. The second kappa shape index (κ2) is 11.6. The number of carboxylic acid groups (broad SMARTS) is 1. The lowest BCUT2D eigenvalue weighted by atomic mass is 10.0.